The van der Waals surface area contributed by atoms with Crippen molar-refractivity contribution in [3.63, 3.8) is 0 Å². The van der Waals surface area contributed by atoms with Crippen molar-refractivity contribution in [1.29, 1.82) is 0 Å². The molecule has 2 heterocycles. The van der Waals surface area contributed by atoms with E-state index in [4.69, 9.17) is 23.2 Å². The van der Waals surface area contributed by atoms with Crippen molar-refractivity contribution in [2.75, 3.05) is 0 Å². The lowest BCUT2D eigenvalue weighted by Gasteiger charge is -1.98. The fourth-order valence-electron chi connectivity index (χ4n) is 3.60. The molecule has 0 aliphatic rings. The highest BCUT2D eigenvalue weighted by atomic mass is 79.9. The molecule has 0 N–H and O–H groups in total. The van der Waals surface area contributed by atoms with Crippen molar-refractivity contribution in [1.82, 2.24) is 9.13 Å². The average molecular weight is 549 g/mol. The highest BCUT2D eigenvalue weighted by molar-refractivity contribution is 6.31. The van der Waals surface area contributed by atoms with Gasteiger partial charge in [0, 0.05) is 22.2 Å². The maximum absolute atomic E-state index is 6.23. The Bertz CT molecular complexity index is 1020. The highest BCUT2D eigenvalue weighted by Gasteiger charge is 2.19. The minimum Gasteiger partial charge on any atom is -1.00 e. The van der Waals surface area contributed by atoms with E-state index in [-0.39, 0.29) is 34.0 Å². The van der Waals surface area contributed by atoms with Gasteiger partial charge in [-0.1, -0.05) is 23.2 Å². The molecule has 4 rings (SSSR count). The van der Waals surface area contributed by atoms with Crippen LogP contribution in [-0.4, -0.2) is 9.13 Å². The summed E-state index contributed by atoms with van der Waals surface area (Å²) in [5.74, 6) is 0. The zero-order valence-corrected chi connectivity index (χ0v) is 20.4. The number of fused-ring (bicyclic) bond motifs is 2. The van der Waals surface area contributed by atoms with Gasteiger partial charge in [0.25, 0.3) is 0 Å². The Labute approximate surface area is 195 Å². The summed E-state index contributed by atoms with van der Waals surface area (Å²) in [5, 5.41) is 1.53. The number of halogens is 4. The van der Waals surface area contributed by atoms with E-state index in [2.05, 4.69) is 56.9 Å². The zero-order valence-electron chi connectivity index (χ0n) is 15.7. The molecule has 2 aromatic carbocycles. The number of aryl methyl sites for hydroxylation is 4. The van der Waals surface area contributed by atoms with Crippen LogP contribution in [0.2, 0.25) is 10.0 Å². The second-order valence-electron chi connectivity index (χ2n) is 6.46. The summed E-state index contributed by atoms with van der Waals surface area (Å²) in [5.41, 5.74) is 4.75. The standard InChI is InChI=1S/C20H22Cl2N4.2BrH/c1-3-23-13-25(19-11-15(21)5-7-17(19)23)9-10-26-14-24(4-2)18-8-6-16(22)12-20(18)26;;/h5-8,11-14H,3-4,9-10H2,1-2H3;2*1H/q+2;;/p-2. The lowest BCUT2D eigenvalue weighted by molar-refractivity contribution is -0.669. The summed E-state index contributed by atoms with van der Waals surface area (Å²) in [6, 6.07) is 12.2. The van der Waals surface area contributed by atoms with Gasteiger partial charge in [0.1, 0.15) is 13.1 Å². The summed E-state index contributed by atoms with van der Waals surface area (Å²) in [4.78, 5) is 0. The molecule has 0 amide bonds. The molecule has 0 radical (unpaired) electrons. The van der Waals surface area contributed by atoms with Crippen molar-refractivity contribution in [3.8, 4) is 0 Å². The molecule has 0 unspecified atom stereocenters. The SMILES string of the molecule is CC[n+]1cn(CCn2c[n+](CC)c3ccc(Cl)cc32)c2cc(Cl)ccc21.[Br-].[Br-]. The molecule has 4 aromatic rings. The monoisotopic (exact) mass is 546 g/mol. The van der Waals surface area contributed by atoms with E-state index in [1.807, 2.05) is 24.3 Å². The van der Waals surface area contributed by atoms with Crippen LogP contribution in [0.25, 0.3) is 22.1 Å². The van der Waals surface area contributed by atoms with E-state index in [9.17, 15) is 0 Å². The summed E-state index contributed by atoms with van der Waals surface area (Å²) < 4.78 is 9.06. The molecule has 0 spiro atoms. The van der Waals surface area contributed by atoms with Crippen LogP contribution in [0, 0.1) is 0 Å². The van der Waals surface area contributed by atoms with Crippen molar-refractivity contribution in [3.05, 3.63) is 59.1 Å². The Morgan fingerprint density at radius 1 is 0.714 bits per heavy atom. The first-order valence-corrected chi connectivity index (χ1v) is 9.72. The zero-order chi connectivity index (χ0) is 18.3. The average Bonchev–Trinajstić information content (AvgIpc) is 3.17. The van der Waals surface area contributed by atoms with Gasteiger partial charge in [-0.2, -0.15) is 0 Å². The summed E-state index contributed by atoms with van der Waals surface area (Å²) in [6.45, 7) is 7.91. The number of imidazole rings is 2. The molecule has 0 fully saturated rings. The van der Waals surface area contributed by atoms with Crippen molar-refractivity contribution in [2.24, 2.45) is 0 Å². The van der Waals surface area contributed by atoms with E-state index in [1.54, 1.807) is 0 Å². The molecule has 0 aliphatic heterocycles. The molecule has 4 nitrogen and oxygen atoms in total. The largest absolute Gasteiger partial charge is 1.00 e. The second-order valence-corrected chi connectivity index (χ2v) is 7.33. The second kappa shape index (κ2) is 9.61. The third kappa shape index (κ3) is 4.25. The molecule has 8 heteroatoms. The van der Waals surface area contributed by atoms with Crippen LogP contribution in [0.3, 0.4) is 0 Å². The molecular formula is C20H22Br2Cl2N4. The summed E-state index contributed by atoms with van der Waals surface area (Å²) in [6.07, 6.45) is 4.35. The van der Waals surface area contributed by atoms with Crippen molar-refractivity contribution < 1.29 is 43.1 Å². The Balaban J connectivity index is 0.00000140. The van der Waals surface area contributed by atoms with Crippen molar-refractivity contribution >= 4 is 45.3 Å². The van der Waals surface area contributed by atoms with E-state index in [0.717, 1.165) is 47.3 Å². The molecule has 2 aromatic heterocycles. The van der Waals surface area contributed by atoms with Crippen LogP contribution >= 0.6 is 23.2 Å². The maximum atomic E-state index is 6.23. The van der Waals surface area contributed by atoms with Gasteiger partial charge < -0.3 is 34.0 Å². The third-order valence-electron chi connectivity index (χ3n) is 4.93. The molecule has 150 valence electrons. The predicted molar refractivity (Wildman–Crippen MR) is 106 cm³/mol. The highest BCUT2D eigenvalue weighted by Crippen LogP contribution is 2.20. The molecule has 0 atom stereocenters. The smallest absolute Gasteiger partial charge is 0.244 e. The number of aromatic nitrogens is 4. The van der Waals surface area contributed by atoms with Gasteiger partial charge >= 0.3 is 0 Å². The van der Waals surface area contributed by atoms with E-state index in [0.29, 0.717) is 0 Å². The lowest BCUT2D eigenvalue weighted by Crippen LogP contribution is -3.00. The minimum absolute atomic E-state index is 0. The minimum atomic E-state index is 0. The fourth-order valence-corrected chi connectivity index (χ4v) is 3.93. The van der Waals surface area contributed by atoms with Crippen molar-refractivity contribution in [2.45, 2.75) is 40.0 Å². The number of rotatable bonds is 5. The maximum Gasteiger partial charge on any atom is 0.244 e. The van der Waals surface area contributed by atoms with Crippen LogP contribution in [0.15, 0.2) is 49.1 Å². The Morgan fingerprint density at radius 2 is 1.11 bits per heavy atom. The molecule has 0 saturated heterocycles. The van der Waals surface area contributed by atoms with E-state index in [1.165, 1.54) is 11.0 Å². The number of hydrogen-bond acceptors (Lipinski definition) is 0. The van der Waals surface area contributed by atoms with Crippen LogP contribution in [-0.2, 0) is 26.2 Å². The molecule has 28 heavy (non-hydrogen) atoms. The van der Waals surface area contributed by atoms with Gasteiger partial charge in [0.05, 0.1) is 13.1 Å². The van der Waals surface area contributed by atoms with Gasteiger partial charge in [0.15, 0.2) is 22.1 Å². The van der Waals surface area contributed by atoms with Crippen LogP contribution < -0.4 is 43.1 Å². The quantitative estimate of drug-likeness (QED) is 0.263. The number of hydrogen-bond donors (Lipinski definition) is 0. The Kier molecular flexibility index (Phi) is 7.97. The number of benzene rings is 2. The first kappa shape index (κ1) is 23.2. The van der Waals surface area contributed by atoms with Crippen LogP contribution in [0.5, 0.6) is 0 Å². The molecule has 0 aliphatic carbocycles. The van der Waals surface area contributed by atoms with Gasteiger partial charge in [-0.15, -0.1) is 0 Å². The summed E-state index contributed by atoms with van der Waals surface area (Å²) in [7, 11) is 0. The predicted octanol–water partition coefficient (Wildman–Crippen LogP) is -1.77. The van der Waals surface area contributed by atoms with Crippen LogP contribution in [0.1, 0.15) is 13.8 Å². The third-order valence-corrected chi connectivity index (χ3v) is 5.40. The summed E-state index contributed by atoms with van der Waals surface area (Å²) >= 11 is 12.5. The van der Waals surface area contributed by atoms with Gasteiger partial charge in [-0.3, -0.25) is 0 Å². The molecule has 0 saturated carbocycles. The first-order chi connectivity index (χ1) is 12.6. The van der Waals surface area contributed by atoms with Gasteiger partial charge in [-0.25, -0.2) is 18.3 Å². The van der Waals surface area contributed by atoms with Crippen LogP contribution in [0.4, 0.5) is 0 Å². The van der Waals surface area contributed by atoms with E-state index < -0.39 is 0 Å². The fraction of sp³-hybridized carbons (Fsp3) is 0.300. The Morgan fingerprint density at radius 3 is 1.46 bits per heavy atom. The van der Waals surface area contributed by atoms with Gasteiger partial charge in [-0.05, 0) is 38.1 Å². The number of nitrogens with zero attached hydrogens (tertiary/aromatic N) is 4. The first-order valence-electron chi connectivity index (χ1n) is 8.96. The Hall–Kier alpha value is -1.08. The van der Waals surface area contributed by atoms with Gasteiger partial charge in [0.2, 0.25) is 12.7 Å². The lowest BCUT2D eigenvalue weighted by atomic mass is 10.3. The normalized spacial score (nSPS) is 10.9. The molecular weight excluding hydrogens is 527 g/mol. The topological polar surface area (TPSA) is 17.6 Å². The van der Waals surface area contributed by atoms with E-state index >= 15 is 0 Å². The molecule has 0 bridgehead atoms.